The fourth-order valence-corrected chi connectivity index (χ4v) is 3.84. The monoisotopic (exact) mass is 434 g/mol. The Bertz CT molecular complexity index is 1120. The van der Waals surface area contributed by atoms with Gasteiger partial charge in [-0.15, -0.1) is 11.3 Å². The number of rotatable bonds is 6. The molecule has 0 unspecified atom stereocenters. The third-order valence-corrected chi connectivity index (χ3v) is 5.15. The fraction of sp³-hybridized carbons (Fsp3) is 0.158. The van der Waals surface area contributed by atoms with Gasteiger partial charge >= 0.3 is 0 Å². The molecular formula is C19H13ClF2N4O2S. The van der Waals surface area contributed by atoms with Crippen LogP contribution in [0.3, 0.4) is 0 Å². The summed E-state index contributed by atoms with van der Waals surface area (Å²) < 4.78 is 27.7. The third kappa shape index (κ3) is 5.25. The van der Waals surface area contributed by atoms with Gasteiger partial charge in [-0.2, -0.15) is 5.26 Å². The molecule has 3 rings (SSSR count). The fourth-order valence-electron chi connectivity index (χ4n) is 2.58. The van der Waals surface area contributed by atoms with Crippen molar-refractivity contribution in [2.24, 2.45) is 0 Å². The molecule has 0 saturated heterocycles. The van der Waals surface area contributed by atoms with Crippen molar-refractivity contribution < 1.29 is 18.4 Å². The third-order valence-electron chi connectivity index (χ3n) is 3.82. The Morgan fingerprint density at radius 2 is 1.83 bits per heavy atom. The topological polar surface area (TPSA) is 94.9 Å². The summed E-state index contributed by atoms with van der Waals surface area (Å²) in [7, 11) is 0. The zero-order valence-electron chi connectivity index (χ0n) is 14.8. The van der Waals surface area contributed by atoms with E-state index in [4.69, 9.17) is 16.9 Å². The van der Waals surface area contributed by atoms with Crippen LogP contribution in [0.1, 0.15) is 5.01 Å². The van der Waals surface area contributed by atoms with Crippen LogP contribution in [0.4, 0.5) is 8.78 Å². The van der Waals surface area contributed by atoms with Gasteiger partial charge in [-0.05, 0) is 29.8 Å². The Hall–Kier alpha value is -3.09. The molecule has 1 aromatic heterocycles. The van der Waals surface area contributed by atoms with Gasteiger partial charge < -0.3 is 10.6 Å². The maximum absolute atomic E-state index is 13.5. The number of nitrogens with one attached hydrogen (secondary N) is 2. The number of thiazole rings is 1. The van der Waals surface area contributed by atoms with Crippen molar-refractivity contribution in [2.75, 3.05) is 13.1 Å². The second-order valence-electron chi connectivity index (χ2n) is 5.95. The molecule has 2 amide bonds. The van der Waals surface area contributed by atoms with E-state index >= 15 is 0 Å². The van der Waals surface area contributed by atoms with E-state index in [0.29, 0.717) is 26.4 Å². The van der Waals surface area contributed by atoms with Crippen molar-refractivity contribution >= 4 is 45.0 Å². The number of nitriles is 1. The Morgan fingerprint density at radius 3 is 2.52 bits per heavy atom. The van der Waals surface area contributed by atoms with E-state index in [-0.39, 0.29) is 24.5 Å². The zero-order chi connectivity index (χ0) is 21.0. The average molecular weight is 435 g/mol. The molecule has 0 aliphatic rings. The molecule has 6 nitrogen and oxygen atoms in total. The highest BCUT2D eigenvalue weighted by molar-refractivity contribution is 7.18. The number of nitrogens with zero attached hydrogens (tertiary/aromatic N) is 2. The van der Waals surface area contributed by atoms with Crippen LogP contribution in [0.5, 0.6) is 0 Å². The maximum Gasteiger partial charge on any atom is 0.240 e. The van der Waals surface area contributed by atoms with Crippen molar-refractivity contribution in [2.45, 2.75) is 6.42 Å². The summed E-state index contributed by atoms with van der Waals surface area (Å²) in [5.74, 6) is -2.30. The number of aromatic nitrogens is 1. The van der Waals surface area contributed by atoms with Crippen molar-refractivity contribution in [1.29, 1.82) is 5.26 Å². The van der Waals surface area contributed by atoms with Gasteiger partial charge in [0.25, 0.3) is 0 Å². The van der Waals surface area contributed by atoms with Gasteiger partial charge in [-0.1, -0.05) is 11.6 Å². The minimum atomic E-state index is -0.711. The molecular weight excluding hydrogens is 422 g/mol. The lowest BCUT2D eigenvalue weighted by molar-refractivity contribution is -0.125. The molecule has 0 aliphatic heterocycles. The van der Waals surface area contributed by atoms with Crippen molar-refractivity contribution in [3.63, 3.8) is 0 Å². The minimum absolute atomic E-state index is 0.0492. The summed E-state index contributed by atoms with van der Waals surface area (Å²) in [6.45, 7) is -0.378. The van der Waals surface area contributed by atoms with E-state index in [9.17, 15) is 18.4 Å². The lowest BCUT2D eigenvalue weighted by Crippen LogP contribution is -2.37. The van der Waals surface area contributed by atoms with Crippen LogP contribution < -0.4 is 10.6 Å². The number of hydrogen-bond donors (Lipinski definition) is 2. The van der Waals surface area contributed by atoms with E-state index < -0.39 is 23.4 Å². The predicted molar refractivity (Wildman–Crippen MR) is 105 cm³/mol. The molecule has 0 spiro atoms. The standard InChI is InChI=1S/C19H13ClF2N4O2S/c20-14-7-15-16(6-13(14)10-3-11(21)5-12(22)4-10)29-19(26-15)8-17(27)25-9-18(28)24-2-1-23/h3-7H,2,8-9H2,(H,24,28)(H,25,27). The van der Waals surface area contributed by atoms with Gasteiger partial charge in [-0.3, -0.25) is 9.59 Å². The largest absolute Gasteiger partial charge is 0.347 e. The number of fused-ring (bicyclic) bond motifs is 1. The minimum Gasteiger partial charge on any atom is -0.347 e. The quantitative estimate of drug-likeness (QED) is 0.582. The lowest BCUT2D eigenvalue weighted by atomic mass is 10.1. The number of carbonyl (C=O) groups excluding carboxylic acids is 2. The molecule has 1 heterocycles. The molecule has 29 heavy (non-hydrogen) atoms. The van der Waals surface area contributed by atoms with Gasteiger partial charge in [0, 0.05) is 11.6 Å². The number of benzene rings is 2. The Balaban J connectivity index is 1.76. The van der Waals surface area contributed by atoms with Gasteiger partial charge in [0.15, 0.2) is 0 Å². The molecule has 0 bridgehead atoms. The summed E-state index contributed by atoms with van der Waals surface area (Å²) in [5, 5.41) is 13.9. The van der Waals surface area contributed by atoms with E-state index in [1.165, 1.54) is 23.5 Å². The van der Waals surface area contributed by atoms with E-state index in [0.717, 1.165) is 6.07 Å². The first-order chi connectivity index (χ1) is 13.9. The highest BCUT2D eigenvalue weighted by atomic mass is 35.5. The first-order valence-electron chi connectivity index (χ1n) is 8.31. The molecule has 3 aromatic rings. The van der Waals surface area contributed by atoms with Crippen molar-refractivity contribution in [1.82, 2.24) is 15.6 Å². The van der Waals surface area contributed by atoms with Gasteiger partial charge in [0.05, 0.1) is 34.3 Å². The highest BCUT2D eigenvalue weighted by Crippen LogP contribution is 2.35. The second-order valence-corrected chi connectivity index (χ2v) is 7.48. The van der Waals surface area contributed by atoms with Gasteiger partial charge in [-0.25, -0.2) is 13.8 Å². The Labute approximate surface area is 173 Å². The van der Waals surface area contributed by atoms with E-state index in [1.54, 1.807) is 18.2 Å². The molecule has 0 radical (unpaired) electrons. The molecule has 0 fully saturated rings. The Morgan fingerprint density at radius 1 is 1.10 bits per heavy atom. The number of carbonyl (C=O) groups is 2. The lowest BCUT2D eigenvalue weighted by Gasteiger charge is -2.05. The van der Waals surface area contributed by atoms with Gasteiger partial charge in [0.1, 0.15) is 23.2 Å². The summed E-state index contributed by atoms with van der Waals surface area (Å²) in [4.78, 5) is 27.7. The molecule has 0 aliphatic carbocycles. The molecule has 2 N–H and O–H groups in total. The van der Waals surface area contributed by atoms with Crippen LogP contribution in [0.2, 0.25) is 5.02 Å². The molecule has 2 aromatic carbocycles. The van der Waals surface area contributed by atoms with Crippen LogP contribution in [0.15, 0.2) is 30.3 Å². The van der Waals surface area contributed by atoms with Crippen LogP contribution in [0.25, 0.3) is 21.3 Å². The first-order valence-corrected chi connectivity index (χ1v) is 9.51. The first kappa shape index (κ1) is 20.6. The Kier molecular flexibility index (Phi) is 6.36. The number of amides is 2. The van der Waals surface area contributed by atoms with Gasteiger partial charge in [0.2, 0.25) is 11.8 Å². The van der Waals surface area contributed by atoms with Crippen LogP contribution in [0, 0.1) is 23.0 Å². The van der Waals surface area contributed by atoms with E-state index in [1.807, 2.05) is 0 Å². The normalized spacial score (nSPS) is 10.6. The molecule has 0 saturated carbocycles. The van der Waals surface area contributed by atoms with Crippen LogP contribution >= 0.6 is 22.9 Å². The number of halogens is 3. The summed E-state index contributed by atoms with van der Waals surface area (Å²) in [6, 6.07) is 8.15. The average Bonchev–Trinajstić information content (AvgIpc) is 3.04. The predicted octanol–water partition coefficient (Wildman–Crippen LogP) is 3.19. The van der Waals surface area contributed by atoms with Crippen LogP contribution in [-0.2, 0) is 16.0 Å². The molecule has 148 valence electrons. The highest BCUT2D eigenvalue weighted by Gasteiger charge is 2.14. The summed E-state index contributed by atoms with van der Waals surface area (Å²) in [5.41, 5.74) is 1.30. The SMILES string of the molecule is N#CCNC(=O)CNC(=O)Cc1nc2cc(Cl)c(-c3cc(F)cc(F)c3)cc2s1. The molecule has 0 atom stereocenters. The summed E-state index contributed by atoms with van der Waals surface area (Å²) in [6.07, 6.45) is -0.0492. The van der Waals surface area contributed by atoms with Crippen LogP contribution in [-0.4, -0.2) is 29.9 Å². The van der Waals surface area contributed by atoms with E-state index in [2.05, 4.69) is 15.6 Å². The smallest absolute Gasteiger partial charge is 0.240 e. The van der Waals surface area contributed by atoms with Crippen molar-refractivity contribution in [3.05, 3.63) is 52.0 Å². The maximum atomic E-state index is 13.5. The zero-order valence-corrected chi connectivity index (χ0v) is 16.3. The molecule has 10 heteroatoms. The summed E-state index contributed by atoms with van der Waals surface area (Å²) >= 11 is 7.49. The van der Waals surface area contributed by atoms with Crippen molar-refractivity contribution in [3.8, 4) is 17.2 Å². The number of hydrogen-bond acceptors (Lipinski definition) is 5. The second kappa shape index (κ2) is 8.94.